The van der Waals surface area contributed by atoms with Crippen LogP contribution in [0.2, 0.25) is 0 Å². The molecule has 0 amide bonds. The van der Waals surface area contributed by atoms with E-state index in [0.717, 1.165) is 61.1 Å². The lowest BCUT2D eigenvalue weighted by atomic mass is 9.96. The summed E-state index contributed by atoms with van der Waals surface area (Å²) in [5.41, 5.74) is 22.3. The van der Waals surface area contributed by atoms with Crippen LogP contribution in [0.1, 0.15) is 11.1 Å². The normalized spacial score (nSPS) is 12.4. The minimum atomic E-state index is 0.726. The fourth-order valence-corrected chi connectivity index (χ4v) is 5.55. The summed E-state index contributed by atoms with van der Waals surface area (Å²) >= 11 is 0. The number of rotatable bonds is 4. The highest BCUT2D eigenvalue weighted by molar-refractivity contribution is 6.14. The molecule has 186 valence electrons. The molecule has 0 fully saturated rings. The highest BCUT2D eigenvalue weighted by atomic mass is 15.0. The number of nitrogen functional groups attached to an aromatic ring is 1. The standard InChI is InChI=1S/C35H26N4/c36-22-25(23-10-2-1-3-11-23)19-18-24-20-34-32(21-30(24)27-13-6-8-16-31(27)37)38-35-29-15-5-4-12-26(29)28-14-7-9-17-33(28)39(34)35/h1-22H,36-37H2/b19-18?,25-22+. The molecule has 7 aromatic rings. The van der Waals surface area contributed by atoms with Crippen molar-refractivity contribution in [2.24, 2.45) is 5.73 Å². The number of aromatic nitrogens is 2. The van der Waals surface area contributed by atoms with Crippen LogP contribution in [0.5, 0.6) is 0 Å². The Kier molecular flexibility index (Phi) is 5.38. The second kappa shape index (κ2) is 9.19. The molecule has 0 aliphatic heterocycles. The van der Waals surface area contributed by atoms with Gasteiger partial charge in [-0.15, -0.1) is 0 Å². The number of fused-ring (bicyclic) bond motifs is 8. The van der Waals surface area contributed by atoms with Gasteiger partial charge in [-0.3, -0.25) is 4.40 Å². The topological polar surface area (TPSA) is 69.3 Å². The molecule has 39 heavy (non-hydrogen) atoms. The van der Waals surface area contributed by atoms with Gasteiger partial charge >= 0.3 is 0 Å². The Hall–Kier alpha value is -5.35. The molecule has 0 aliphatic rings. The van der Waals surface area contributed by atoms with Gasteiger partial charge in [0.05, 0.1) is 16.6 Å². The van der Waals surface area contributed by atoms with Gasteiger partial charge in [-0.05, 0) is 51.9 Å². The van der Waals surface area contributed by atoms with Crippen LogP contribution in [0, 0.1) is 0 Å². The fraction of sp³-hybridized carbons (Fsp3) is 0. The van der Waals surface area contributed by atoms with Gasteiger partial charge in [0.15, 0.2) is 0 Å². The third-order valence-corrected chi connectivity index (χ3v) is 7.41. The smallest absolute Gasteiger partial charge is 0.146 e. The van der Waals surface area contributed by atoms with Crippen molar-refractivity contribution in [3.05, 3.63) is 139 Å². The van der Waals surface area contributed by atoms with Crippen molar-refractivity contribution in [3.8, 4) is 11.1 Å². The second-order valence-electron chi connectivity index (χ2n) is 9.67. The first-order valence-electron chi connectivity index (χ1n) is 13.0. The predicted molar refractivity (Wildman–Crippen MR) is 165 cm³/mol. The van der Waals surface area contributed by atoms with E-state index in [1.54, 1.807) is 6.20 Å². The average molecular weight is 503 g/mol. The number of allylic oxidation sites excluding steroid dienone is 2. The molecular weight excluding hydrogens is 476 g/mol. The van der Waals surface area contributed by atoms with E-state index in [1.165, 1.54) is 10.8 Å². The Morgan fingerprint density at radius 3 is 2.15 bits per heavy atom. The summed E-state index contributed by atoms with van der Waals surface area (Å²) < 4.78 is 2.28. The largest absolute Gasteiger partial charge is 0.404 e. The maximum Gasteiger partial charge on any atom is 0.146 e. The molecule has 4 N–H and O–H groups in total. The summed E-state index contributed by atoms with van der Waals surface area (Å²) in [6.07, 6.45) is 5.83. The first kappa shape index (κ1) is 22.8. The number of anilines is 1. The van der Waals surface area contributed by atoms with Gasteiger partial charge in [0.1, 0.15) is 5.65 Å². The number of imidazole rings is 1. The molecule has 0 atom stereocenters. The molecule has 0 saturated heterocycles. The van der Waals surface area contributed by atoms with E-state index in [-0.39, 0.29) is 0 Å². The van der Waals surface area contributed by atoms with Gasteiger partial charge in [0, 0.05) is 28.2 Å². The van der Waals surface area contributed by atoms with E-state index >= 15 is 0 Å². The highest BCUT2D eigenvalue weighted by Gasteiger charge is 2.16. The molecule has 4 heteroatoms. The van der Waals surface area contributed by atoms with Crippen LogP contribution >= 0.6 is 0 Å². The SMILES string of the molecule is N/C=C(\C=Cc1cc2c(cc1-c1ccccc1N)nc1c3ccccc3c3ccccc3n21)c1ccccc1. The van der Waals surface area contributed by atoms with E-state index in [2.05, 4.69) is 95.4 Å². The Morgan fingerprint density at radius 1 is 0.667 bits per heavy atom. The number of nitrogens with two attached hydrogens (primary N) is 2. The lowest BCUT2D eigenvalue weighted by molar-refractivity contribution is 1.31. The molecule has 5 aromatic carbocycles. The lowest BCUT2D eigenvalue weighted by Gasteiger charge is -2.12. The molecule has 7 rings (SSSR count). The number of pyridine rings is 1. The Labute approximate surface area is 226 Å². The van der Waals surface area contributed by atoms with Crippen molar-refractivity contribution < 1.29 is 0 Å². The van der Waals surface area contributed by atoms with Crippen LogP contribution in [-0.2, 0) is 0 Å². The molecule has 0 unspecified atom stereocenters. The van der Waals surface area contributed by atoms with Crippen LogP contribution in [0.3, 0.4) is 0 Å². The van der Waals surface area contributed by atoms with Crippen LogP contribution in [-0.4, -0.2) is 9.38 Å². The number of benzene rings is 5. The zero-order valence-electron chi connectivity index (χ0n) is 21.3. The van der Waals surface area contributed by atoms with Crippen LogP contribution in [0.15, 0.2) is 128 Å². The van der Waals surface area contributed by atoms with Crippen molar-refractivity contribution >= 4 is 55.7 Å². The van der Waals surface area contributed by atoms with Crippen LogP contribution < -0.4 is 11.5 Å². The number of hydrogen-bond donors (Lipinski definition) is 2. The molecule has 2 aromatic heterocycles. The summed E-state index contributed by atoms with van der Waals surface area (Å²) in [6, 6.07) is 39.5. The molecule has 4 nitrogen and oxygen atoms in total. The van der Waals surface area contributed by atoms with Gasteiger partial charge < -0.3 is 11.5 Å². The van der Waals surface area contributed by atoms with Crippen LogP contribution in [0.4, 0.5) is 5.69 Å². The van der Waals surface area contributed by atoms with Crippen molar-refractivity contribution in [2.75, 3.05) is 5.73 Å². The summed E-state index contributed by atoms with van der Waals surface area (Å²) in [5.74, 6) is 0. The fourth-order valence-electron chi connectivity index (χ4n) is 5.55. The monoisotopic (exact) mass is 502 g/mol. The van der Waals surface area contributed by atoms with E-state index in [9.17, 15) is 0 Å². The Bertz CT molecular complexity index is 2080. The number of para-hydroxylation sites is 2. The first-order valence-corrected chi connectivity index (χ1v) is 13.0. The quantitative estimate of drug-likeness (QED) is 0.145. The molecule has 0 aliphatic carbocycles. The van der Waals surface area contributed by atoms with E-state index in [4.69, 9.17) is 16.5 Å². The van der Waals surface area contributed by atoms with E-state index in [0.29, 0.717) is 0 Å². The number of nitrogens with zero attached hydrogens (tertiary/aromatic N) is 2. The maximum atomic E-state index is 6.48. The third-order valence-electron chi connectivity index (χ3n) is 7.41. The molecule has 0 spiro atoms. The van der Waals surface area contributed by atoms with Crippen molar-refractivity contribution in [1.82, 2.24) is 9.38 Å². The Balaban J connectivity index is 1.55. The van der Waals surface area contributed by atoms with Gasteiger partial charge in [-0.1, -0.05) is 103 Å². The predicted octanol–water partition coefficient (Wildman–Crippen LogP) is 8.06. The summed E-state index contributed by atoms with van der Waals surface area (Å²) in [4.78, 5) is 5.18. The molecule has 0 bridgehead atoms. The second-order valence-corrected chi connectivity index (χ2v) is 9.67. The van der Waals surface area contributed by atoms with Crippen LogP contribution in [0.25, 0.3) is 61.1 Å². The van der Waals surface area contributed by atoms with Gasteiger partial charge in [-0.25, -0.2) is 4.98 Å². The first-order chi connectivity index (χ1) is 19.2. The zero-order chi connectivity index (χ0) is 26.3. The van der Waals surface area contributed by atoms with Gasteiger partial charge in [0.25, 0.3) is 0 Å². The minimum absolute atomic E-state index is 0.726. The third kappa shape index (κ3) is 3.73. The molecular formula is C35H26N4. The number of hydrogen-bond acceptors (Lipinski definition) is 3. The lowest BCUT2D eigenvalue weighted by Crippen LogP contribution is -1.94. The average Bonchev–Trinajstić information content (AvgIpc) is 3.37. The Morgan fingerprint density at radius 2 is 1.36 bits per heavy atom. The summed E-state index contributed by atoms with van der Waals surface area (Å²) in [7, 11) is 0. The minimum Gasteiger partial charge on any atom is -0.404 e. The van der Waals surface area contributed by atoms with E-state index in [1.807, 2.05) is 36.4 Å². The highest BCUT2D eigenvalue weighted by Crippen LogP contribution is 2.37. The molecule has 0 saturated carbocycles. The maximum absolute atomic E-state index is 6.48. The van der Waals surface area contributed by atoms with Crippen molar-refractivity contribution in [2.45, 2.75) is 0 Å². The van der Waals surface area contributed by atoms with E-state index < -0.39 is 0 Å². The summed E-state index contributed by atoms with van der Waals surface area (Å²) in [5, 5.41) is 3.53. The summed E-state index contributed by atoms with van der Waals surface area (Å²) in [6.45, 7) is 0. The zero-order valence-corrected chi connectivity index (χ0v) is 21.3. The van der Waals surface area contributed by atoms with Gasteiger partial charge in [0.2, 0.25) is 0 Å². The molecule has 2 heterocycles. The van der Waals surface area contributed by atoms with Crippen molar-refractivity contribution in [1.29, 1.82) is 0 Å². The van der Waals surface area contributed by atoms with Crippen molar-refractivity contribution in [3.63, 3.8) is 0 Å². The van der Waals surface area contributed by atoms with Gasteiger partial charge in [-0.2, -0.15) is 0 Å². The molecule has 0 radical (unpaired) electrons.